The molecule has 138 valence electrons. The molecule has 0 saturated carbocycles. The summed E-state index contributed by atoms with van der Waals surface area (Å²) in [6, 6.07) is 15.6. The lowest BCUT2D eigenvalue weighted by molar-refractivity contribution is -0.127. The van der Waals surface area contributed by atoms with Crippen molar-refractivity contribution in [1.29, 1.82) is 0 Å². The Kier molecular flexibility index (Phi) is 4.62. The zero-order valence-electron chi connectivity index (χ0n) is 14.7. The molecule has 1 atom stereocenters. The van der Waals surface area contributed by atoms with Crippen molar-refractivity contribution in [3.05, 3.63) is 71.7 Å². The molecule has 27 heavy (non-hydrogen) atoms. The fourth-order valence-electron chi connectivity index (χ4n) is 3.46. The fourth-order valence-corrected chi connectivity index (χ4v) is 3.46. The number of H-pyrrole nitrogens is 1. The summed E-state index contributed by atoms with van der Waals surface area (Å²) in [7, 11) is 0. The number of carbonyl (C=O) groups excluding carboxylic acids is 2. The minimum Gasteiger partial charge on any atom is -0.351 e. The van der Waals surface area contributed by atoms with E-state index in [1.54, 1.807) is 17.0 Å². The Labute approximate surface area is 156 Å². The van der Waals surface area contributed by atoms with Gasteiger partial charge in [0.2, 0.25) is 5.91 Å². The van der Waals surface area contributed by atoms with Crippen LogP contribution in [0.2, 0.25) is 0 Å². The van der Waals surface area contributed by atoms with Gasteiger partial charge in [-0.25, -0.2) is 4.39 Å². The second kappa shape index (κ2) is 7.23. The summed E-state index contributed by atoms with van der Waals surface area (Å²) in [4.78, 5) is 29.6. The Morgan fingerprint density at radius 3 is 2.74 bits per heavy atom. The zero-order chi connectivity index (χ0) is 18.8. The number of nitrogens with one attached hydrogen (secondary N) is 2. The number of benzene rings is 2. The standard InChI is InChI=1S/C21H20FN3O2/c22-16-7-5-14(6-8-16)9-10-25-13-17(12-20(25)26)23-21(27)19-11-15-3-1-2-4-18(15)24-19/h1-8,11,17,24H,9-10,12-13H2,(H,23,27)/t17-/m0/s1. The molecule has 2 N–H and O–H groups in total. The highest BCUT2D eigenvalue weighted by molar-refractivity contribution is 5.98. The molecule has 5 nitrogen and oxygen atoms in total. The number of hydrogen-bond donors (Lipinski definition) is 2. The number of fused-ring (bicyclic) bond motifs is 1. The largest absolute Gasteiger partial charge is 0.351 e. The second-order valence-corrected chi connectivity index (χ2v) is 6.86. The molecule has 0 bridgehead atoms. The van der Waals surface area contributed by atoms with Gasteiger partial charge in [0.25, 0.3) is 5.91 Å². The van der Waals surface area contributed by atoms with E-state index in [0.29, 0.717) is 31.6 Å². The number of aromatic amines is 1. The Hall–Kier alpha value is -3.15. The van der Waals surface area contributed by atoms with Crippen LogP contribution in [0.25, 0.3) is 10.9 Å². The van der Waals surface area contributed by atoms with E-state index in [-0.39, 0.29) is 23.7 Å². The minimum absolute atomic E-state index is 0.0269. The summed E-state index contributed by atoms with van der Waals surface area (Å²) in [6.07, 6.45) is 0.962. The molecule has 0 radical (unpaired) electrons. The first-order valence-corrected chi connectivity index (χ1v) is 8.99. The van der Waals surface area contributed by atoms with E-state index in [2.05, 4.69) is 10.3 Å². The van der Waals surface area contributed by atoms with Crippen molar-refractivity contribution in [2.75, 3.05) is 13.1 Å². The predicted molar refractivity (Wildman–Crippen MR) is 101 cm³/mol. The van der Waals surface area contributed by atoms with Crippen molar-refractivity contribution in [3.63, 3.8) is 0 Å². The van der Waals surface area contributed by atoms with Crippen LogP contribution in [0, 0.1) is 5.82 Å². The third-order valence-corrected chi connectivity index (χ3v) is 4.91. The van der Waals surface area contributed by atoms with Gasteiger partial charge in [-0.2, -0.15) is 0 Å². The van der Waals surface area contributed by atoms with Crippen LogP contribution in [0.5, 0.6) is 0 Å². The van der Waals surface area contributed by atoms with Crippen LogP contribution in [0.15, 0.2) is 54.6 Å². The molecule has 0 spiro atoms. The third kappa shape index (κ3) is 3.84. The average molecular weight is 365 g/mol. The normalized spacial score (nSPS) is 16.9. The second-order valence-electron chi connectivity index (χ2n) is 6.86. The highest BCUT2D eigenvalue weighted by Gasteiger charge is 2.30. The Morgan fingerprint density at radius 2 is 1.96 bits per heavy atom. The van der Waals surface area contributed by atoms with Crippen molar-refractivity contribution in [2.24, 2.45) is 0 Å². The van der Waals surface area contributed by atoms with Gasteiger partial charge in [-0.05, 0) is 36.2 Å². The molecule has 1 fully saturated rings. The predicted octanol–water partition coefficient (Wildman–Crippen LogP) is 2.88. The van der Waals surface area contributed by atoms with Gasteiger partial charge >= 0.3 is 0 Å². The molecule has 6 heteroatoms. The molecular weight excluding hydrogens is 345 g/mol. The van der Waals surface area contributed by atoms with E-state index < -0.39 is 0 Å². The molecule has 1 aliphatic rings. The first-order valence-electron chi connectivity index (χ1n) is 8.99. The van der Waals surface area contributed by atoms with Crippen molar-refractivity contribution < 1.29 is 14.0 Å². The topological polar surface area (TPSA) is 65.2 Å². The molecule has 2 aromatic carbocycles. The molecule has 1 aromatic heterocycles. The van der Waals surface area contributed by atoms with Gasteiger partial charge in [-0.15, -0.1) is 0 Å². The number of hydrogen-bond acceptors (Lipinski definition) is 2. The van der Waals surface area contributed by atoms with E-state index in [4.69, 9.17) is 0 Å². The molecular formula is C21H20FN3O2. The number of amides is 2. The SMILES string of the molecule is O=C(N[C@H]1CC(=O)N(CCc2ccc(F)cc2)C1)c1cc2ccccc2[nH]1. The van der Waals surface area contributed by atoms with Gasteiger partial charge in [-0.1, -0.05) is 30.3 Å². The number of carbonyl (C=O) groups is 2. The van der Waals surface area contributed by atoms with Gasteiger partial charge in [0, 0.05) is 30.4 Å². The van der Waals surface area contributed by atoms with Crippen LogP contribution in [0.3, 0.4) is 0 Å². The van der Waals surface area contributed by atoms with Crippen molar-refractivity contribution in [1.82, 2.24) is 15.2 Å². The number of nitrogens with zero attached hydrogens (tertiary/aromatic N) is 1. The summed E-state index contributed by atoms with van der Waals surface area (Å²) >= 11 is 0. The van der Waals surface area contributed by atoms with Crippen LogP contribution >= 0.6 is 0 Å². The summed E-state index contributed by atoms with van der Waals surface area (Å²) in [5.41, 5.74) is 2.38. The van der Waals surface area contributed by atoms with Crippen LogP contribution < -0.4 is 5.32 Å². The number of halogens is 1. The van der Waals surface area contributed by atoms with E-state index in [1.807, 2.05) is 30.3 Å². The maximum Gasteiger partial charge on any atom is 0.268 e. The number of aromatic nitrogens is 1. The van der Waals surface area contributed by atoms with Gasteiger partial charge in [0.1, 0.15) is 11.5 Å². The maximum absolute atomic E-state index is 13.0. The summed E-state index contributed by atoms with van der Waals surface area (Å²) in [5.74, 6) is -0.445. The Bertz CT molecular complexity index is 948. The first-order chi connectivity index (χ1) is 13.1. The van der Waals surface area contributed by atoms with Crippen molar-refractivity contribution in [2.45, 2.75) is 18.9 Å². The maximum atomic E-state index is 13.0. The monoisotopic (exact) mass is 365 g/mol. The smallest absolute Gasteiger partial charge is 0.268 e. The van der Waals surface area contributed by atoms with Crippen LogP contribution in [0.1, 0.15) is 22.5 Å². The zero-order valence-corrected chi connectivity index (χ0v) is 14.7. The average Bonchev–Trinajstić information content (AvgIpc) is 3.24. The molecule has 4 rings (SSSR count). The lowest BCUT2D eigenvalue weighted by Crippen LogP contribution is -2.37. The highest BCUT2D eigenvalue weighted by Crippen LogP contribution is 2.16. The van der Waals surface area contributed by atoms with E-state index >= 15 is 0 Å². The molecule has 2 heterocycles. The molecule has 1 aliphatic heterocycles. The van der Waals surface area contributed by atoms with Gasteiger partial charge in [-0.3, -0.25) is 9.59 Å². The van der Waals surface area contributed by atoms with Gasteiger partial charge < -0.3 is 15.2 Å². The van der Waals surface area contributed by atoms with Gasteiger partial charge in [0.15, 0.2) is 0 Å². The number of likely N-dealkylation sites (tertiary alicyclic amines) is 1. The summed E-state index contributed by atoms with van der Waals surface area (Å²) in [5, 5.41) is 3.92. The van der Waals surface area contributed by atoms with E-state index in [0.717, 1.165) is 16.5 Å². The van der Waals surface area contributed by atoms with Crippen LogP contribution in [-0.4, -0.2) is 40.8 Å². The fraction of sp³-hybridized carbons (Fsp3) is 0.238. The van der Waals surface area contributed by atoms with Crippen molar-refractivity contribution in [3.8, 4) is 0 Å². The van der Waals surface area contributed by atoms with Crippen LogP contribution in [0.4, 0.5) is 4.39 Å². The van der Waals surface area contributed by atoms with E-state index in [9.17, 15) is 14.0 Å². The number of rotatable bonds is 5. The quantitative estimate of drug-likeness (QED) is 0.730. The van der Waals surface area contributed by atoms with E-state index in [1.165, 1.54) is 12.1 Å². The number of para-hydroxylation sites is 1. The summed E-state index contributed by atoms with van der Waals surface area (Å²) in [6.45, 7) is 1.05. The molecule has 0 unspecified atom stereocenters. The molecule has 1 saturated heterocycles. The Morgan fingerprint density at radius 1 is 1.19 bits per heavy atom. The first kappa shape index (κ1) is 17.3. The van der Waals surface area contributed by atoms with Crippen molar-refractivity contribution >= 4 is 22.7 Å². The summed E-state index contributed by atoms with van der Waals surface area (Å²) < 4.78 is 13.0. The van der Waals surface area contributed by atoms with Gasteiger partial charge in [0.05, 0.1) is 6.04 Å². The molecule has 0 aliphatic carbocycles. The van der Waals surface area contributed by atoms with Crippen LogP contribution in [-0.2, 0) is 11.2 Å². The third-order valence-electron chi connectivity index (χ3n) is 4.91. The molecule has 3 aromatic rings. The molecule has 2 amide bonds. The minimum atomic E-state index is -0.268. The lowest BCUT2D eigenvalue weighted by atomic mass is 10.1. The highest BCUT2D eigenvalue weighted by atomic mass is 19.1. The lowest BCUT2D eigenvalue weighted by Gasteiger charge is -2.17. The Balaban J connectivity index is 1.34.